The lowest BCUT2D eigenvalue weighted by Crippen LogP contribution is -2.23. The lowest BCUT2D eigenvalue weighted by Gasteiger charge is -2.17. The predicted molar refractivity (Wildman–Crippen MR) is 73.5 cm³/mol. The van der Waals surface area contributed by atoms with Crippen molar-refractivity contribution in [3.63, 3.8) is 0 Å². The van der Waals surface area contributed by atoms with E-state index in [0.717, 1.165) is 10.9 Å². The number of nitro benzene ring substituents is 1. The van der Waals surface area contributed by atoms with E-state index in [1.54, 1.807) is 12.1 Å². The van der Waals surface area contributed by atoms with Gasteiger partial charge in [0.1, 0.15) is 6.10 Å². The van der Waals surface area contributed by atoms with Crippen LogP contribution in [0.5, 0.6) is 0 Å². The van der Waals surface area contributed by atoms with Gasteiger partial charge in [0.15, 0.2) is 5.79 Å². The molecule has 0 bridgehead atoms. The second kappa shape index (κ2) is 4.57. The predicted octanol–water partition coefficient (Wildman–Crippen LogP) is 2.70. The number of nitro groups is 1. The van der Waals surface area contributed by atoms with Crippen LogP contribution < -0.4 is 0 Å². The third-order valence-corrected chi connectivity index (χ3v) is 3.43. The Kier molecular flexibility index (Phi) is 2.99. The average molecular weight is 276 g/mol. The van der Waals surface area contributed by atoms with E-state index in [0.29, 0.717) is 13.2 Å². The molecule has 0 amide bonds. The molecule has 0 radical (unpaired) electrons. The molecule has 106 valence electrons. The van der Waals surface area contributed by atoms with Crippen molar-refractivity contribution in [3.8, 4) is 0 Å². The Morgan fingerprint density at radius 1 is 1.45 bits per heavy atom. The molecule has 1 aliphatic heterocycles. The highest BCUT2D eigenvalue weighted by Gasteiger charge is 2.32. The highest BCUT2D eigenvalue weighted by atomic mass is 16.7. The third kappa shape index (κ3) is 2.39. The second-order valence-electron chi connectivity index (χ2n) is 5.42. The first-order valence-electron chi connectivity index (χ1n) is 6.50. The first kappa shape index (κ1) is 13.1. The molecule has 0 aliphatic carbocycles. The van der Waals surface area contributed by atoms with Crippen LogP contribution in [0.4, 0.5) is 5.69 Å². The van der Waals surface area contributed by atoms with Crippen LogP contribution in [0.1, 0.15) is 13.8 Å². The molecule has 6 heteroatoms. The van der Waals surface area contributed by atoms with Crippen LogP contribution in [0, 0.1) is 10.1 Å². The molecular weight excluding hydrogens is 260 g/mol. The molecule has 0 saturated carbocycles. The summed E-state index contributed by atoms with van der Waals surface area (Å²) in [5.74, 6) is -0.535. The summed E-state index contributed by atoms with van der Waals surface area (Å²) in [5, 5.41) is 11.6. The van der Waals surface area contributed by atoms with E-state index in [2.05, 4.69) is 0 Å². The van der Waals surface area contributed by atoms with Crippen LogP contribution in [-0.4, -0.2) is 28.0 Å². The van der Waals surface area contributed by atoms with E-state index in [9.17, 15) is 10.1 Å². The first-order valence-corrected chi connectivity index (χ1v) is 6.50. The summed E-state index contributed by atoms with van der Waals surface area (Å²) in [6.45, 7) is 5.01. The van der Waals surface area contributed by atoms with Gasteiger partial charge in [-0.05, 0) is 26.0 Å². The van der Waals surface area contributed by atoms with Gasteiger partial charge in [-0.3, -0.25) is 10.1 Å². The SMILES string of the molecule is CC1(C)OC[C@H](Cn2ccc3cc([N+](=O)[O-])ccc32)O1. The highest BCUT2D eigenvalue weighted by Crippen LogP contribution is 2.26. The summed E-state index contributed by atoms with van der Waals surface area (Å²) >= 11 is 0. The Morgan fingerprint density at radius 2 is 2.25 bits per heavy atom. The van der Waals surface area contributed by atoms with Gasteiger partial charge in [0.05, 0.1) is 18.1 Å². The summed E-state index contributed by atoms with van der Waals surface area (Å²) < 4.78 is 13.4. The van der Waals surface area contributed by atoms with Gasteiger partial charge in [-0.1, -0.05) is 0 Å². The molecule has 1 aromatic carbocycles. The minimum absolute atomic E-state index is 0.00390. The van der Waals surface area contributed by atoms with Crippen LogP contribution in [-0.2, 0) is 16.0 Å². The molecule has 2 aromatic rings. The summed E-state index contributed by atoms with van der Waals surface area (Å²) in [4.78, 5) is 10.4. The molecular formula is C14H16N2O4. The minimum Gasteiger partial charge on any atom is -0.348 e. The molecule has 2 heterocycles. The van der Waals surface area contributed by atoms with E-state index >= 15 is 0 Å². The van der Waals surface area contributed by atoms with Crippen LogP contribution in [0.3, 0.4) is 0 Å². The second-order valence-corrected chi connectivity index (χ2v) is 5.42. The van der Waals surface area contributed by atoms with Crippen molar-refractivity contribution in [2.75, 3.05) is 6.61 Å². The number of benzene rings is 1. The fourth-order valence-corrected chi connectivity index (χ4v) is 2.53. The normalized spacial score (nSPS) is 21.4. The minimum atomic E-state index is -0.535. The topological polar surface area (TPSA) is 66.5 Å². The Morgan fingerprint density at radius 3 is 2.90 bits per heavy atom. The van der Waals surface area contributed by atoms with Crippen LogP contribution in [0.25, 0.3) is 10.9 Å². The van der Waals surface area contributed by atoms with Gasteiger partial charge in [-0.2, -0.15) is 0 Å². The van der Waals surface area contributed by atoms with Crippen molar-refractivity contribution in [1.29, 1.82) is 0 Å². The number of hydrogen-bond acceptors (Lipinski definition) is 4. The molecule has 0 N–H and O–H groups in total. The molecule has 0 spiro atoms. The average Bonchev–Trinajstić information content (AvgIpc) is 2.93. The van der Waals surface area contributed by atoms with Crippen molar-refractivity contribution in [2.45, 2.75) is 32.3 Å². The molecule has 1 aromatic heterocycles. The molecule has 1 atom stereocenters. The molecule has 3 rings (SSSR count). The number of ether oxygens (including phenoxy) is 2. The molecule has 1 aliphatic rings. The smallest absolute Gasteiger partial charge is 0.270 e. The van der Waals surface area contributed by atoms with E-state index in [1.165, 1.54) is 6.07 Å². The Hall–Kier alpha value is -1.92. The summed E-state index contributed by atoms with van der Waals surface area (Å²) in [6.07, 6.45) is 1.92. The molecule has 1 fully saturated rings. The zero-order chi connectivity index (χ0) is 14.3. The number of aromatic nitrogens is 1. The lowest BCUT2D eigenvalue weighted by molar-refractivity contribution is -0.384. The van der Waals surface area contributed by atoms with Crippen LogP contribution in [0.2, 0.25) is 0 Å². The molecule has 20 heavy (non-hydrogen) atoms. The van der Waals surface area contributed by atoms with Crippen LogP contribution in [0.15, 0.2) is 30.5 Å². The maximum absolute atomic E-state index is 10.8. The fraction of sp³-hybridized carbons (Fsp3) is 0.429. The van der Waals surface area contributed by atoms with Crippen molar-refractivity contribution in [3.05, 3.63) is 40.6 Å². The van der Waals surface area contributed by atoms with Crippen LogP contribution >= 0.6 is 0 Å². The summed E-state index contributed by atoms with van der Waals surface area (Å²) in [7, 11) is 0. The molecule has 6 nitrogen and oxygen atoms in total. The number of non-ortho nitro benzene ring substituents is 1. The van der Waals surface area contributed by atoms with Gasteiger partial charge < -0.3 is 14.0 Å². The quantitative estimate of drug-likeness (QED) is 0.638. The highest BCUT2D eigenvalue weighted by molar-refractivity contribution is 5.82. The maximum atomic E-state index is 10.8. The van der Waals surface area contributed by atoms with E-state index in [-0.39, 0.29) is 16.7 Å². The van der Waals surface area contributed by atoms with E-state index in [4.69, 9.17) is 9.47 Å². The van der Waals surface area contributed by atoms with Crippen molar-refractivity contribution in [2.24, 2.45) is 0 Å². The summed E-state index contributed by atoms with van der Waals surface area (Å²) in [6, 6.07) is 6.76. The van der Waals surface area contributed by atoms with Crippen molar-refractivity contribution < 1.29 is 14.4 Å². The van der Waals surface area contributed by atoms with Gasteiger partial charge >= 0.3 is 0 Å². The Balaban J connectivity index is 1.84. The van der Waals surface area contributed by atoms with Crippen molar-refractivity contribution in [1.82, 2.24) is 4.57 Å². The first-order chi connectivity index (χ1) is 9.44. The molecule has 1 saturated heterocycles. The van der Waals surface area contributed by atoms with E-state index in [1.807, 2.05) is 30.7 Å². The lowest BCUT2D eigenvalue weighted by atomic mass is 10.2. The van der Waals surface area contributed by atoms with Gasteiger partial charge in [-0.15, -0.1) is 0 Å². The van der Waals surface area contributed by atoms with Gasteiger partial charge in [0.25, 0.3) is 5.69 Å². The van der Waals surface area contributed by atoms with E-state index < -0.39 is 5.79 Å². The third-order valence-electron chi connectivity index (χ3n) is 3.43. The zero-order valence-corrected chi connectivity index (χ0v) is 11.4. The Labute approximate surface area is 116 Å². The largest absolute Gasteiger partial charge is 0.348 e. The van der Waals surface area contributed by atoms with Gasteiger partial charge in [-0.25, -0.2) is 0 Å². The fourth-order valence-electron chi connectivity index (χ4n) is 2.53. The monoisotopic (exact) mass is 276 g/mol. The maximum Gasteiger partial charge on any atom is 0.270 e. The number of rotatable bonds is 3. The van der Waals surface area contributed by atoms with Gasteiger partial charge in [0.2, 0.25) is 0 Å². The summed E-state index contributed by atoms with van der Waals surface area (Å²) in [5.41, 5.74) is 1.07. The number of fused-ring (bicyclic) bond motifs is 1. The van der Waals surface area contributed by atoms with Gasteiger partial charge in [0, 0.05) is 29.2 Å². The molecule has 0 unspecified atom stereocenters. The number of nitrogens with zero attached hydrogens (tertiary/aromatic N) is 2. The number of hydrogen-bond donors (Lipinski definition) is 0. The van der Waals surface area contributed by atoms with Crippen molar-refractivity contribution >= 4 is 16.6 Å². The Bertz CT molecular complexity index is 662. The standard InChI is InChI=1S/C14H16N2O4/c1-14(2)19-9-12(20-14)8-15-6-5-10-7-11(16(17)18)3-4-13(10)15/h3-7,12H,8-9H2,1-2H3/t12-/m0/s1. The zero-order valence-electron chi connectivity index (χ0n) is 11.4.